The van der Waals surface area contributed by atoms with Crippen molar-refractivity contribution in [2.24, 2.45) is 0 Å². The maximum absolute atomic E-state index is 12.0. The average Bonchev–Trinajstić information content (AvgIpc) is 2.37. The van der Waals surface area contributed by atoms with Gasteiger partial charge in [0.05, 0.1) is 13.0 Å². The van der Waals surface area contributed by atoms with E-state index in [1.807, 2.05) is 36.4 Å². The highest BCUT2D eigenvalue weighted by Gasteiger charge is 2.08. The predicted molar refractivity (Wildman–Crippen MR) is 70.8 cm³/mol. The van der Waals surface area contributed by atoms with Gasteiger partial charge in [0.25, 0.3) is 0 Å². The summed E-state index contributed by atoms with van der Waals surface area (Å²) < 4.78 is 17.1. The average molecular weight is 264 g/mol. The van der Waals surface area contributed by atoms with E-state index in [0.29, 0.717) is 5.30 Å². The minimum absolute atomic E-state index is 0.0314. The van der Waals surface area contributed by atoms with Crippen molar-refractivity contribution in [3.63, 3.8) is 0 Å². The van der Waals surface area contributed by atoms with Gasteiger partial charge in [0.15, 0.2) is 0 Å². The van der Waals surface area contributed by atoms with Gasteiger partial charge in [0.1, 0.15) is 0 Å². The molecular weight excluding hydrogens is 251 g/mol. The van der Waals surface area contributed by atoms with E-state index < -0.39 is 14.0 Å². The summed E-state index contributed by atoms with van der Waals surface area (Å²) in [6.45, 7) is -0.0314. The highest BCUT2D eigenvalue weighted by Crippen LogP contribution is 2.26. The Bertz CT molecular complexity index is 589. The molecule has 5 heteroatoms. The molecule has 0 saturated heterocycles. The molecule has 0 fully saturated rings. The van der Waals surface area contributed by atoms with Crippen LogP contribution in [0.1, 0.15) is 6.42 Å². The zero-order valence-electron chi connectivity index (χ0n) is 9.63. The molecule has 0 aliphatic rings. The Labute approximate surface area is 105 Å². The largest absolute Gasteiger partial charge is 0.481 e. The first kappa shape index (κ1) is 12.8. The molecule has 4 nitrogen and oxygen atoms in total. The molecule has 0 spiro atoms. The fraction of sp³-hybridized carbons (Fsp3) is 0.154. The lowest BCUT2D eigenvalue weighted by Gasteiger charge is -2.06. The molecule has 2 aromatic rings. The lowest BCUT2D eigenvalue weighted by Crippen LogP contribution is -2.04. The number of carbonyl (C=O) groups is 1. The molecule has 0 aliphatic carbocycles. The minimum Gasteiger partial charge on any atom is -0.481 e. The van der Waals surface area contributed by atoms with E-state index in [9.17, 15) is 9.36 Å². The maximum atomic E-state index is 12.0. The van der Waals surface area contributed by atoms with Gasteiger partial charge in [-0.2, -0.15) is 0 Å². The molecule has 2 rings (SSSR count). The third kappa shape index (κ3) is 2.97. The Hall–Kier alpha value is -1.64. The monoisotopic (exact) mass is 264 g/mol. The van der Waals surface area contributed by atoms with Crippen molar-refractivity contribution in [3.05, 3.63) is 42.5 Å². The topological polar surface area (TPSA) is 63.6 Å². The number of benzene rings is 2. The summed E-state index contributed by atoms with van der Waals surface area (Å²) in [6, 6.07) is 13.1. The standard InChI is InChI=1S/C13H13O4P/c14-13(15)8-9-17-18(16)12-7-3-5-10-4-1-2-6-11(10)12/h1-7,18H,8-9H2,(H,14,15). The predicted octanol–water partition coefficient (Wildman–Crippen LogP) is 2.43. The van der Waals surface area contributed by atoms with Crippen LogP contribution >= 0.6 is 8.03 Å². The third-order valence-electron chi connectivity index (χ3n) is 2.56. The smallest absolute Gasteiger partial charge is 0.305 e. The van der Waals surface area contributed by atoms with Crippen molar-refractivity contribution >= 4 is 30.1 Å². The Morgan fingerprint density at radius 2 is 1.89 bits per heavy atom. The van der Waals surface area contributed by atoms with Crippen molar-refractivity contribution in [2.75, 3.05) is 6.61 Å². The Morgan fingerprint density at radius 1 is 1.17 bits per heavy atom. The van der Waals surface area contributed by atoms with Crippen molar-refractivity contribution in [3.8, 4) is 0 Å². The van der Waals surface area contributed by atoms with Crippen molar-refractivity contribution < 1.29 is 19.0 Å². The van der Waals surface area contributed by atoms with Crippen LogP contribution in [0.3, 0.4) is 0 Å². The summed E-state index contributed by atoms with van der Waals surface area (Å²) in [4.78, 5) is 10.4. The number of fused-ring (bicyclic) bond motifs is 1. The van der Waals surface area contributed by atoms with Gasteiger partial charge < -0.3 is 9.63 Å². The molecule has 0 aliphatic heterocycles. The van der Waals surface area contributed by atoms with Gasteiger partial charge in [-0.1, -0.05) is 36.4 Å². The molecule has 0 bridgehead atoms. The molecule has 0 aromatic heterocycles. The molecule has 1 N–H and O–H groups in total. The van der Waals surface area contributed by atoms with Gasteiger partial charge in [-0.3, -0.25) is 9.36 Å². The number of hydrogen-bond acceptors (Lipinski definition) is 3. The lowest BCUT2D eigenvalue weighted by molar-refractivity contribution is -0.137. The first-order chi connectivity index (χ1) is 8.68. The number of carboxylic acids is 1. The minimum atomic E-state index is -2.40. The van der Waals surface area contributed by atoms with Crippen LogP contribution in [0.25, 0.3) is 10.8 Å². The number of carboxylic acid groups (broad SMARTS) is 1. The molecule has 2 aromatic carbocycles. The summed E-state index contributed by atoms with van der Waals surface area (Å²) >= 11 is 0. The second kappa shape index (κ2) is 5.80. The van der Waals surface area contributed by atoms with Crippen LogP contribution in [-0.4, -0.2) is 17.7 Å². The summed E-state index contributed by atoms with van der Waals surface area (Å²) in [5.41, 5.74) is 0. The van der Waals surface area contributed by atoms with Gasteiger partial charge in [0, 0.05) is 5.30 Å². The molecule has 1 atom stereocenters. The zero-order chi connectivity index (χ0) is 13.0. The summed E-state index contributed by atoms with van der Waals surface area (Å²) in [5, 5.41) is 11.0. The number of aliphatic carboxylic acids is 1. The summed E-state index contributed by atoms with van der Waals surface area (Å²) in [5.74, 6) is -0.956. The fourth-order valence-electron chi connectivity index (χ4n) is 1.71. The van der Waals surface area contributed by atoms with Gasteiger partial charge in [0.2, 0.25) is 8.03 Å². The van der Waals surface area contributed by atoms with E-state index in [4.69, 9.17) is 9.63 Å². The van der Waals surface area contributed by atoms with E-state index in [1.165, 1.54) is 0 Å². The van der Waals surface area contributed by atoms with Gasteiger partial charge >= 0.3 is 5.97 Å². The molecular formula is C13H13O4P. The maximum Gasteiger partial charge on any atom is 0.305 e. The van der Waals surface area contributed by atoms with Gasteiger partial charge in [-0.25, -0.2) is 0 Å². The van der Waals surface area contributed by atoms with E-state index in [-0.39, 0.29) is 13.0 Å². The van der Waals surface area contributed by atoms with Crippen LogP contribution in [0, 0.1) is 0 Å². The van der Waals surface area contributed by atoms with Crippen LogP contribution in [0.4, 0.5) is 0 Å². The Balaban J connectivity index is 2.20. The van der Waals surface area contributed by atoms with Crippen LogP contribution in [-0.2, 0) is 13.9 Å². The van der Waals surface area contributed by atoms with Crippen LogP contribution in [0.5, 0.6) is 0 Å². The molecule has 0 amide bonds. The molecule has 0 heterocycles. The Morgan fingerprint density at radius 3 is 2.67 bits per heavy atom. The summed E-state index contributed by atoms with van der Waals surface area (Å²) in [7, 11) is -2.40. The number of hydrogen-bond donors (Lipinski definition) is 1. The number of rotatable bonds is 5. The van der Waals surface area contributed by atoms with E-state index in [0.717, 1.165) is 10.8 Å². The molecule has 18 heavy (non-hydrogen) atoms. The van der Waals surface area contributed by atoms with Crippen LogP contribution in [0.2, 0.25) is 0 Å². The van der Waals surface area contributed by atoms with E-state index >= 15 is 0 Å². The summed E-state index contributed by atoms with van der Waals surface area (Å²) in [6.07, 6.45) is -0.138. The fourth-order valence-corrected chi connectivity index (χ4v) is 2.84. The van der Waals surface area contributed by atoms with Gasteiger partial charge in [-0.05, 0) is 16.8 Å². The van der Waals surface area contributed by atoms with Crippen molar-refractivity contribution in [1.82, 2.24) is 0 Å². The molecule has 0 radical (unpaired) electrons. The van der Waals surface area contributed by atoms with Crippen LogP contribution < -0.4 is 5.30 Å². The Kier molecular flexibility index (Phi) is 4.13. The SMILES string of the molecule is O=C(O)CCO[PH](=O)c1cccc2ccccc12. The first-order valence-electron chi connectivity index (χ1n) is 5.55. The second-order valence-corrected chi connectivity index (χ2v) is 5.21. The normalized spacial score (nSPS) is 12.4. The molecule has 0 saturated carbocycles. The molecule has 1 unspecified atom stereocenters. The van der Waals surface area contributed by atoms with E-state index in [2.05, 4.69) is 0 Å². The zero-order valence-corrected chi connectivity index (χ0v) is 10.6. The second-order valence-electron chi connectivity index (χ2n) is 3.81. The third-order valence-corrected chi connectivity index (χ3v) is 3.90. The highest BCUT2D eigenvalue weighted by atomic mass is 31.1. The highest BCUT2D eigenvalue weighted by molar-refractivity contribution is 7.49. The lowest BCUT2D eigenvalue weighted by atomic mass is 10.1. The van der Waals surface area contributed by atoms with Gasteiger partial charge in [-0.15, -0.1) is 0 Å². The van der Waals surface area contributed by atoms with Crippen LogP contribution in [0.15, 0.2) is 42.5 Å². The van der Waals surface area contributed by atoms with Crippen molar-refractivity contribution in [1.29, 1.82) is 0 Å². The van der Waals surface area contributed by atoms with Crippen molar-refractivity contribution in [2.45, 2.75) is 6.42 Å². The van der Waals surface area contributed by atoms with E-state index in [1.54, 1.807) is 6.07 Å². The quantitative estimate of drug-likeness (QED) is 0.842. The molecule has 94 valence electrons. The first-order valence-corrected chi connectivity index (χ1v) is 6.87.